The van der Waals surface area contributed by atoms with Gasteiger partial charge in [-0.15, -0.1) is 0 Å². The van der Waals surface area contributed by atoms with E-state index < -0.39 is 15.7 Å². The lowest BCUT2D eigenvalue weighted by Crippen LogP contribution is -2.20. The third kappa shape index (κ3) is 5.70. The summed E-state index contributed by atoms with van der Waals surface area (Å²) < 4.78 is 33.6. The van der Waals surface area contributed by atoms with E-state index in [0.29, 0.717) is 24.6 Å². The Hall–Kier alpha value is -2.29. The van der Waals surface area contributed by atoms with Crippen LogP contribution in [0.3, 0.4) is 0 Å². The molecule has 6 nitrogen and oxygen atoms in total. The molecule has 1 amide bonds. The zero-order chi connectivity index (χ0) is 22.6. The molecule has 3 aromatic rings. The first kappa shape index (κ1) is 23.4. The number of rotatable bonds is 8. The van der Waals surface area contributed by atoms with E-state index in [4.69, 9.17) is 4.74 Å². The highest BCUT2D eigenvalue weighted by Crippen LogP contribution is 2.22. The fraction of sp³-hybridized carbons (Fsp3) is 0.391. The Bertz CT molecular complexity index is 1250. The number of benzene rings is 2. The molecule has 0 spiro atoms. The van der Waals surface area contributed by atoms with Crippen molar-refractivity contribution < 1.29 is 17.9 Å². The Morgan fingerprint density at radius 1 is 1.10 bits per heavy atom. The van der Waals surface area contributed by atoms with Crippen LogP contribution >= 0.6 is 11.3 Å². The van der Waals surface area contributed by atoms with E-state index in [-0.39, 0.29) is 17.1 Å². The second-order valence-corrected chi connectivity index (χ2v) is 10.6. The number of carbonyl (C=O) groups excluding carboxylic acids is 1. The van der Waals surface area contributed by atoms with Crippen molar-refractivity contribution in [1.29, 1.82) is 0 Å². The standard InChI is InChI=1S/C23H28N2O4S2/c1-5-29-12-11-25-20-14-17(3)18(4)15-21(20)30-23(25)24-22(26)10-13-31(27,28)19-8-6-16(2)7-9-19/h6-9,14-15H,5,10-13H2,1-4H3. The molecule has 0 aliphatic rings. The van der Waals surface area contributed by atoms with Crippen molar-refractivity contribution in [2.75, 3.05) is 19.0 Å². The third-order valence-corrected chi connectivity index (χ3v) is 7.92. The summed E-state index contributed by atoms with van der Waals surface area (Å²) in [6.45, 7) is 9.64. The highest BCUT2D eigenvalue weighted by molar-refractivity contribution is 7.91. The normalized spacial score (nSPS) is 12.6. The Morgan fingerprint density at radius 2 is 1.77 bits per heavy atom. The van der Waals surface area contributed by atoms with Gasteiger partial charge in [0.1, 0.15) is 0 Å². The number of hydrogen-bond acceptors (Lipinski definition) is 5. The van der Waals surface area contributed by atoms with Crippen LogP contribution in [0, 0.1) is 20.8 Å². The van der Waals surface area contributed by atoms with Gasteiger partial charge in [-0.1, -0.05) is 29.0 Å². The Morgan fingerprint density at radius 3 is 2.45 bits per heavy atom. The van der Waals surface area contributed by atoms with Crippen molar-refractivity contribution in [3.8, 4) is 0 Å². The number of aryl methyl sites for hydroxylation is 3. The smallest absolute Gasteiger partial charge is 0.249 e. The largest absolute Gasteiger partial charge is 0.380 e. The number of fused-ring (bicyclic) bond motifs is 1. The molecule has 8 heteroatoms. The molecular weight excluding hydrogens is 432 g/mol. The Labute approximate surface area is 187 Å². The molecule has 1 heterocycles. The summed E-state index contributed by atoms with van der Waals surface area (Å²) in [7, 11) is -3.53. The molecule has 0 atom stereocenters. The summed E-state index contributed by atoms with van der Waals surface area (Å²) in [6, 6.07) is 10.8. The van der Waals surface area contributed by atoms with E-state index in [1.807, 2.05) is 18.4 Å². The molecule has 166 valence electrons. The Kier molecular flexibility index (Phi) is 7.46. The van der Waals surface area contributed by atoms with Crippen molar-refractivity contribution >= 4 is 37.3 Å². The first-order valence-electron chi connectivity index (χ1n) is 10.3. The van der Waals surface area contributed by atoms with Gasteiger partial charge in [-0.2, -0.15) is 4.99 Å². The van der Waals surface area contributed by atoms with Crippen molar-refractivity contribution in [3.05, 3.63) is 57.9 Å². The highest BCUT2D eigenvalue weighted by Gasteiger charge is 2.17. The van der Waals surface area contributed by atoms with E-state index in [2.05, 4.69) is 31.0 Å². The molecule has 0 radical (unpaired) electrons. The molecule has 0 saturated carbocycles. The van der Waals surface area contributed by atoms with Gasteiger partial charge in [0.25, 0.3) is 0 Å². The van der Waals surface area contributed by atoms with Crippen molar-refractivity contribution in [3.63, 3.8) is 0 Å². The van der Waals surface area contributed by atoms with Gasteiger partial charge < -0.3 is 9.30 Å². The van der Waals surface area contributed by atoms with Gasteiger partial charge in [0.2, 0.25) is 5.91 Å². The number of aromatic nitrogens is 1. The molecule has 0 saturated heterocycles. The highest BCUT2D eigenvalue weighted by atomic mass is 32.2. The molecule has 31 heavy (non-hydrogen) atoms. The summed E-state index contributed by atoms with van der Waals surface area (Å²) >= 11 is 1.43. The maximum Gasteiger partial charge on any atom is 0.249 e. The zero-order valence-corrected chi connectivity index (χ0v) is 20.0. The van der Waals surface area contributed by atoms with Gasteiger partial charge in [-0.05, 0) is 63.1 Å². The molecule has 2 aromatic carbocycles. The van der Waals surface area contributed by atoms with Gasteiger partial charge in [0.15, 0.2) is 14.6 Å². The molecule has 0 N–H and O–H groups in total. The van der Waals surface area contributed by atoms with Crippen molar-refractivity contribution in [2.24, 2.45) is 4.99 Å². The van der Waals surface area contributed by atoms with Crippen LogP contribution < -0.4 is 4.80 Å². The Balaban J connectivity index is 1.87. The van der Waals surface area contributed by atoms with Gasteiger partial charge >= 0.3 is 0 Å². The zero-order valence-electron chi connectivity index (χ0n) is 18.3. The van der Waals surface area contributed by atoms with Gasteiger partial charge in [0, 0.05) is 19.6 Å². The van der Waals surface area contributed by atoms with Crippen LogP contribution in [0.2, 0.25) is 0 Å². The monoisotopic (exact) mass is 460 g/mol. The van der Waals surface area contributed by atoms with E-state index in [9.17, 15) is 13.2 Å². The van der Waals surface area contributed by atoms with Gasteiger partial charge in [-0.25, -0.2) is 8.42 Å². The van der Waals surface area contributed by atoms with Crippen LogP contribution in [-0.4, -0.2) is 37.9 Å². The van der Waals surface area contributed by atoms with Crippen LogP contribution in [0.15, 0.2) is 46.3 Å². The number of thiazole rings is 1. The molecule has 3 rings (SSSR count). The van der Waals surface area contributed by atoms with Gasteiger partial charge in [-0.3, -0.25) is 4.79 Å². The second kappa shape index (κ2) is 9.89. The fourth-order valence-electron chi connectivity index (χ4n) is 3.17. The first-order valence-corrected chi connectivity index (χ1v) is 12.7. The van der Waals surface area contributed by atoms with E-state index in [0.717, 1.165) is 21.3 Å². The minimum absolute atomic E-state index is 0.159. The maximum atomic E-state index is 12.6. The number of hydrogen-bond donors (Lipinski definition) is 0. The van der Waals surface area contributed by atoms with Crippen molar-refractivity contribution in [2.45, 2.75) is 45.6 Å². The molecule has 0 bridgehead atoms. The van der Waals surface area contributed by atoms with Crippen LogP contribution in [0.25, 0.3) is 10.2 Å². The summed E-state index contributed by atoms with van der Waals surface area (Å²) in [5.41, 5.74) is 4.33. The average molecular weight is 461 g/mol. The van der Waals surface area contributed by atoms with Crippen LogP contribution in [-0.2, 0) is 25.9 Å². The SMILES string of the molecule is CCOCCn1c(=NC(=O)CCS(=O)(=O)c2ccc(C)cc2)sc2cc(C)c(C)cc21. The second-order valence-electron chi connectivity index (χ2n) is 7.52. The quantitative estimate of drug-likeness (QED) is 0.477. The predicted octanol–water partition coefficient (Wildman–Crippen LogP) is 3.96. The van der Waals surface area contributed by atoms with Crippen LogP contribution in [0.4, 0.5) is 0 Å². The lowest BCUT2D eigenvalue weighted by atomic mass is 10.1. The molecule has 0 unspecified atom stereocenters. The summed E-state index contributed by atoms with van der Waals surface area (Å²) in [4.78, 5) is 17.6. The number of ether oxygens (including phenoxy) is 1. The van der Waals surface area contributed by atoms with E-state index >= 15 is 0 Å². The van der Waals surface area contributed by atoms with Crippen LogP contribution in [0.1, 0.15) is 30.0 Å². The summed E-state index contributed by atoms with van der Waals surface area (Å²) in [5, 5.41) is 0. The number of nitrogens with zero attached hydrogens (tertiary/aromatic N) is 2. The molecule has 1 aromatic heterocycles. The summed E-state index contributed by atoms with van der Waals surface area (Å²) in [5.74, 6) is -0.707. The minimum Gasteiger partial charge on any atom is -0.380 e. The van der Waals surface area contributed by atoms with E-state index in [1.165, 1.54) is 16.9 Å². The molecule has 0 fully saturated rings. The number of sulfone groups is 1. The lowest BCUT2D eigenvalue weighted by Gasteiger charge is -2.07. The molecular formula is C23H28N2O4S2. The number of amides is 1. The first-order chi connectivity index (χ1) is 14.7. The predicted molar refractivity (Wildman–Crippen MR) is 124 cm³/mol. The fourth-order valence-corrected chi connectivity index (χ4v) is 5.55. The maximum absolute atomic E-state index is 12.6. The lowest BCUT2D eigenvalue weighted by molar-refractivity contribution is -0.117. The molecule has 0 aliphatic carbocycles. The van der Waals surface area contributed by atoms with Crippen LogP contribution in [0.5, 0.6) is 0 Å². The topological polar surface area (TPSA) is 77.7 Å². The average Bonchev–Trinajstić information content (AvgIpc) is 3.03. The minimum atomic E-state index is -3.53. The van der Waals surface area contributed by atoms with Crippen molar-refractivity contribution in [1.82, 2.24) is 4.57 Å². The molecule has 0 aliphatic heterocycles. The van der Waals surface area contributed by atoms with Gasteiger partial charge in [0.05, 0.1) is 27.5 Å². The summed E-state index contributed by atoms with van der Waals surface area (Å²) in [6.07, 6.45) is -0.159. The number of carbonyl (C=O) groups is 1. The third-order valence-electron chi connectivity index (χ3n) is 5.15. The van der Waals surface area contributed by atoms with E-state index in [1.54, 1.807) is 24.3 Å².